The van der Waals surface area contributed by atoms with E-state index in [1.54, 1.807) is 0 Å². The highest BCUT2D eigenvalue weighted by Crippen LogP contribution is 2.30. The molecule has 0 aliphatic carbocycles. The third-order valence-corrected chi connectivity index (χ3v) is 3.56. The molecule has 0 aliphatic rings. The Balaban J connectivity index is 1.66. The van der Waals surface area contributed by atoms with E-state index in [1.165, 1.54) is 5.56 Å². The second kappa shape index (κ2) is 8.14. The van der Waals surface area contributed by atoms with Crippen molar-refractivity contribution in [2.24, 2.45) is 0 Å². The molecule has 0 unspecified atom stereocenters. The molecule has 25 heavy (non-hydrogen) atoms. The first-order chi connectivity index (χ1) is 12.2. The molecule has 7 heteroatoms. The van der Waals surface area contributed by atoms with Crippen LogP contribution in [0, 0.1) is 6.92 Å². The number of H-pyrrole nitrogens is 1. The van der Waals surface area contributed by atoms with Gasteiger partial charge in [-0.3, -0.25) is 15.4 Å². The summed E-state index contributed by atoms with van der Waals surface area (Å²) in [5, 5.41) is 17.7. The fraction of sp³-hybridized carbons (Fsp3) is 0.278. The standard InChI is InChI=1S/C18H20N5O2/c1-3-24-17-10-15(11-19-18-20-22-23-21-18)8-9-16(17)25-12-14-6-4-13(2)5-7-14/h4-10H,3,11-12H2,1-2H3,(H-,19,20,21,22,23)/q-1. The van der Waals surface area contributed by atoms with E-state index in [2.05, 4.69) is 57.1 Å². The quantitative estimate of drug-likeness (QED) is 0.677. The number of ether oxygens (including phenoxy) is 2. The molecular formula is C18H20N5O2-. The van der Waals surface area contributed by atoms with E-state index in [9.17, 15) is 0 Å². The van der Waals surface area contributed by atoms with Gasteiger partial charge < -0.3 is 14.8 Å². The maximum absolute atomic E-state index is 5.93. The van der Waals surface area contributed by atoms with Crippen molar-refractivity contribution >= 4 is 5.95 Å². The number of nitrogens with one attached hydrogen (secondary N) is 1. The zero-order valence-electron chi connectivity index (χ0n) is 14.3. The molecule has 1 aromatic heterocycles. The molecule has 0 saturated heterocycles. The zero-order valence-corrected chi connectivity index (χ0v) is 14.3. The van der Waals surface area contributed by atoms with E-state index in [-0.39, 0.29) is 0 Å². The van der Waals surface area contributed by atoms with E-state index in [0.717, 1.165) is 11.1 Å². The molecule has 2 aromatic carbocycles. The van der Waals surface area contributed by atoms with Crippen LogP contribution in [0.15, 0.2) is 42.5 Å². The molecule has 0 spiro atoms. The molecule has 0 aliphatic heterocycles. The lowest BCUT2D eigenvalue weighted by atomic mass is 10.1. The fourth-order valence-electron chi connectivity index (χ4n) is 2.27. The Morgan fingerprint density at radius 3 is 2.52 bits per heavy atom. The maximum atomic E-state index is 5.93. The van der Waals surface area contributed by atoms with E-state index in [0.29, 0.717) is 37.2 Å². The Labute approximate surface area is 146 Å². The summed E-state index contributed by atoms with van der Waals surface area (Å²) in [5.41, 5.74) is 3.33. The Morgan fingerprint density at radius 1 is 1.00 bits per heavy atom. The number of tetrazole rings is 1. The number of nitrogens with zero attached hydrogens (tertiary/aromatic N) is 4. The minimum atomic E-state index is 0.331. The Bertz CT molecular complexity index is 788. The van der Waals surface area contributed by atoms with Gasteiger partial charge in [-0.1, -0.05) is 35.9 Å². The number of aromatic nitrogens is 4. The fourth-order valence-corrected chi connectivity index (χ4v) is 2.27. The van der Waals surface area contributed by atoms with Crippen molar-refractivity contribution < 1.29 is 9.47 Å². The molecule has 7 nitrogen and oxygen atoms in total. The van der Waals surface area contributed by atoms with Crippen molar-refractivity contribution in [2.75, 3.05) is 6.61 Å². The van der Waals surface area contributed by atoms with Crippen LogP contribution in [0.25, 0.3) is 5.32 Å². The molecule has 130 valence electrons. The van der Waals surface area contributed by atoms with Gasteiger partial charge in [-0.25, -0.2) is 0 Å². The minimum absolute atomic E-state index is 0.331. The molecule has 0 radical (unpaired) electrons. The highest BCUT2D eigenvalue weighted by molar-refractivity contribution is 5.44. The summed E-state index contributed by atoms with van der Waals surface area (Å²) in [5.74, 6) is 1.75. The monoisotopic (exact) mass is 338 g/mol. The molecule has 0 bridgehead atoms. The van der Waals surface area contributed by atoms with Crippen LogP contribution < -0.4 is 9.47 Å². The van der Waals surface area contributed by atoms with Gasteiger partial charge in [-0.2, -0.15) is 0 Å². The molecular weight excluding hydrogens is 318 g/mol. The summed E-state index contributed by atoms with van der Waals surface area (Å²) >= 11 is 0. The topological polar surface area (TPSA) is 87.0 Å². The van der Waals surface area contributed by atoms with Crippen molar-refractivity contribution in [3.05, 3.63) is 64.5 Å². The zero-order chi connectivity index (χ0) is 17.5. The van der Waals surface area contributed by atoms with Crippen LogP contribution in [0.3, 0.4) is 0 Å². The first-order valence-corrected chi connectivity index (χ1v) is 8.09. The largest absolute Gasteiger partial charge is 0.490 e. The van der Waals surface area contributed by atoms with Gasteiger partial charge in [0, 0.05) is 6.54 Å². The van der Waals surface area contributed by atoms with E-state index < -0.39 is 0 Å². The van der Waals surface area contributed by atoms with Crippen LogP contribution >= 0.6 is 0 Å². The van der Waals surface area contributed by atoms with Crippen molar-refractivity contribution in [1.29, 1.82) is 0 Å². The number of hydrogen-bond donors (Lipinski definition) is 1. The highest BCUT2D eigenvalue weighted by Gasteiger charge is 2.07. The van der Waals surface area contributed by atoms with Crippen LogP contribution in [0.2, 0.25) is 0 Å². The normalized spacial score (nSPS) is 10.5. The van der Waals surface area contributed by atoms with Gasteiger partial charge in [0.25, 0.3) is 0 Å². The smallest absolute Gasteiger partial charge is 0.161 e. The Kier molecular flexibility index (Phi) is 5.46. The Hall–Kier alpha value is -3.09. The third-order valence-electron chi connectivity index (χ3n) is 3.56. The SMILES string of the molecule is CCOc1cc(C[N-]c2nn[nH]n2)ccc1OCc1ccc(C)cc1. The average Bonchev–Trinajstić information content (AvgIpc) is 3.14. The second-order valence-corrected chi connectivity index (χ2v) is 5.52. The number of aromatic amines is 1. The van der Waals surface area contributed by atoms with Gasteiger partial charge in [0.1, 0.15) is 6.61 Å². The van der Waals surface area contributed by atoms with Crippen LogP contribution in [0.1, 0.15) is 23.6 Å². The summed E-state index contributed by atoms with van der Waals surface area (Å²) in [7, 11) is 0. The summed E-state index contributed by atoms with van der Waals surface area (Å²) in [4.78, 5) is 0. The lowest BCUT2D eigenvalue weighted by molar-refractivity contribution is 0.269. The van der Waals surface area contributed by atoms with Crippen LogP contribution in [0.5, 0.6) is 11.5 Å². The molecule has 0 amide bonds. The predicted molar refractivity (Wildman–Crippen MR) is 94.0 cm³/mol. The van der Waals surface area contributed by atoms with E-state index >= 15 is 0 Å². The molecule has 0 saturated carbocycles. The predicted octanol–water partition coefficient (Wildman–Crippen LogP) is 3.69. The summed E-state index contributed by atoms with van der Waals surface area (Å²) in [6.45, 7) is 5.51. The number of aryl methyl sites for hydroxylation is 1. The minimum Gasteiger partial charge on any atom is -0.490 e. The van der Waals surface area contributed by atoms with Gasteiger partial charge in [0.05, 0.1) is 12.6 Å². The lowest BCUT2D eigenvalue weighted by Crippen LogP contribution is -2.00. The average molecular weight is 338 g/mol. The second-order valence-electron chi connectivity index (χ2n) is 5.52. The molecule has 3 rings (SSSR count). The number of benzene rings is 2. The first-order valence-electron chi connectivity index (χ1n) is 8.09. The van der Waals surface area contributed by atoms with Gasteiger partial charge in [0.2, 0.25) is 0 Å². The van der Waals surface area contributed by atoms with Crippen molar-refractivity contribution in [2.45, 2.75) is 27.0 Å². The molecule has 3 aromatic rings. The van der Waals surface area contributed by atoms with E-state index in [1.807, 2.05) is 25.1 Å². The van der Waals surface area contributed by atoms with Gasteiger partial charge in [-0.15, -0.1) is 5.21 Å². The van der Waals surface area contributed by atoms with Crippen LogP contribution in [-0.4, -0.2) is 27.2 Å². The highest BCUT2D eigenvalue weighted by atomic mass is 16.5. The number of rotatable bonds is 8. The Morgan fingerprint density at radius 2 is 1.80 bits per heavy atom. The molecule has 1 N–H and O–H groups in total. The molecule has 1 heterocycles. The van der Waals surface area contributed by atoms with Crippen LogP contribution in [-0.2, 0) is 13.2 Å². The lowest BCUT2D eigenvalue weighted by Gasteiger charge is -2.14. The third kappa shape index (κ3) is 4.69. The summed E-state index contributed by atoms with van der Waals surface area (Å²) in [6, 6.07) is 14.1. The van der Waals surface area contributed by atoms with Gasteiger partial charge >= 0.3 is 0 Å². The van der Waals surface area contributed by atoms with Gasteiger partial charge in [0.15, 0.2) is 11.5 Å². The van der Waals surface area contributed by atoms with Crippen molar-refractivity contribution in [3.63, 3.8) is 0 Å². The summed E-state index contributed by atoms with van der Waals surface area (Å²) in [6.07, 6.45) is 0. The first kappa shape index (κ1) is 16.8. The number of hydrogen-bond acceptors (Lipinski definition) is 5. The van der Waals surface area contributed by atoms with Crippen molar-refractivity contribution in [3.8, 4) is 11.5 Å². The van der Waals surface area contributed by atoms with Crippen molar-refractivity contribution in [1.82, 2.24) is 20.6 Å². The van der Waals surface area contributed by atoms with E-state index in [4.69, 9.17) is 9.47 Å². The molecule has 0 fully saturated rings. The summed E-state index contributed by atoms with van der Waals surface area (Å²) < 4.78 is 11.6. The molecule has 0 atom stereocenters. The van der Waals surface area contributed by atoms with Gasteiger partial charge in [-0.05, 0) is 37.1 Å². The van der Waals surface area contributed by atoms with Crippen LogP contribution in [0.4, 0.5) is 5.95 Å². The maximum Gasteiger partial charge on any atom is 0.161 e.